The zero-order valence-electron chi connectivity index (χ0n) is 17.1. The van der Waals surface area contributed by atoms with Crippen LogP contribution in [0.25, 0.3) is 64.6 Å². The lowest BCUT2D eigenvalue weighted by Crippen LogP contribution is -1.82. The van der Waals surface area contributed by atoms with Crippen molar-refractivity contribution in [3.63, 3.8) is 0 Å². The van der Waals surface area contributed by atoms with Crippen molar-refractivity contribution in [2.45, 2.75) is 0 Å². The molecule has 2 aromatic heterocycles. The lowest BCUT2D eigenvalue weighted by Gasteiger charge is -2.06. The van der Waals surface area contributed by atoms with Crippen LogP contribution in [0, 0.1) is 0 Å². The molecule has 7 aromatic rings. The van der Waals surface area contributed by atoms with Crippen molar-refractivity contribution in [1.82, 2.24) is 4.98 Å². The van der Waals surface area contributed by atoms with Crippen LogP contribution in [-0.4, -0.2) is 4.98 Å². The Balaban J connectivity index is 1.42. The minimum atomic E-state index is 0.924. The predicted molar refractivity (Wildman–Crippen MR) is 135 cm³/mol. The molecule has 0 saturated carbocycles. The quantitative estimate of drug-likeness (QED) is 0.276. The van der Waals surface area contributed by atoms with E-state index in [1.807, 2.05) is 18.2 Å². The molecular formula is C29H17NOS. The number of furan rings is 1. The molecule has 150 valence electrons. The molecule has 0 bridgehead atoms. The van der Waals surface area contributed by atoms with E-state index in [4.69, 9.17) is 9.40 Å². The summed E-state index contributed by atoms with van der Waals surface area (Å²) in [5.74, 6) is 0. The minimum absolute atomic E-state index is 0.924. The van der Waals surface area contributed by atoms with Crippen molar-refractivity contribution in [1.29, 1.82) is 0 Å². The van der Waals surface area contributed by atoms with Crippen molar-refractivity contribution in [2.75, 3.05) is 0 Å². The SMILES string of the molecule is c1ccc(-c2nc3c(ccc4cc(-c5cccc6c5oc5ccccc56)ccc43)s2)cc1. The summed E-state index contributed by atoms with van der Waals surface area (Å²) in [5, 5.41) is 5.74. The van der Waals surface area contributed by atoms with Crippen LogP contribution >= 0.6 is 11.3 Å². The first-order valence-corrected chi connectivity index (χ1v) is 11.5. The van der Waals surface area contributed by atoms with Crippen molar-refractivity contribution in [2.24, 2.45) is 0 Å². The van der Waals surface area contributed by atoms with Gasteiger partial charge in [-0.15, -0.1) is 11.3 Å². The number of hydrogen-bond donors (Lipinski definition) is 0. The van der Waals surface area contributed by atoms with Crippen LogP contribution in [0.1, 0.15) is 0 Å². The molecule has 32 heavy (non-hydrogen) atoms. The highest BCUT2D eigenvalue weighted by Crippen LogP contribution is 2.38. The molecule has 7 rings (SSSR count). The maximum absolute atomic E-state index is 6.26. The maximum atomic E-state index is 6.26. The van der Waals surface area contributed by atoms with Gasteiger partial charge in [-0.05, 0) is 29.1 Å². The van der Waals surface area contributed by atoms with Gasteiger partial charge in [-0.25, -0.2) is 4.98 Å². The zero-order valence-corrected chi connectivity index (χ0v) is 17.9. The van der Waals surface area contributed by atoms with E-state index in [2.05, 4.69) is 84.9 Å². The number of thiazole rings is 1. The van der Waals surface area contributed by atoms with Gasteiger partial charge in [-0.3, -0.25) is 0 Å². The van der Waals surface area contributed by atoms with E-state index in [-0.39, 0.29) is 0 Å². The Bertz CT molecular complexity index is 1780. The van der Waals surface area contributed by atoms with Gasteiger partial charge in [0, 0.05) is 27.3 Å². The van der Waals surface area contributed by atoms with Gasteiger partial charge in [0.05, 0.1) is 10.2 Å². The minimum Gasteiger partial charge on any atom is -0.455 e. The van der Waals surface area contributed by atoms with Crippen LogP contribution in [0.15, 0.2) is 108 Å². The zero-order chi connectivity index (χ0) is 21.1. The van der Waals surface area contributed by atoms with E-state index in [0.29, 0.717) is 0 Å². The molecule has 0 aliphatic carbocycles. The molecule has 2 heterocycles. The molecule has 0 spiro atoms. The highest BCUT2D eigenvalue weighted by atomic mass is 32.1. The Labute approximate surface area is 188 Å². The van der Waals surface area contributed by atoms with E-state index < -0.39 is 0 Å². The van der Waals surface area contributed by atoms with Crippen LogP contribution in [0.3, 0.4) is 0 Å². The van der Waals surface area contributed by atoms with Crippen molar-refractivity contribution in [3.8, 4) is 21.7 Å². The third kappa shape index (κ3) is 2.62. The lowest BCUT2D eigenvalue weighted by atomic mass is 9.99. The largest absolute Gasteiger partial charge is 0.455 e. The Hall–Kier alpha value is -3.95. The molecule has 0 aliphatic heterocycles. The summed E-state index contributed by atoms with van der Waals surface area (Å²) in [6.45, 7) is 0. The fourth-order valence-corrected chi connectivity index (χ4v) is 5.55. The van der Waals surface area contributed by atoms with Gasteiger partial charge in [0.2, 0.25) is 0 Å². The summed E-state index contributed by atoms with van der Waals surface area (Å²) in [6.07, 6.45) is 0. The molecule has 0 saturated heterocycles. The third-order valence-corrected chi connectivity index (χ3v) is 7.18. The third-order valence-electron chi connectivity index (χ3n) is 6.11. The number of benzene rings is 5. The van der Waals surface area contributed by atoms with Gasteiger partial charge in [-0.2, -0.15) is 0 Å². The summed E-state index contributed by atoms with van der Waals surface area (Å²) in [6, 6.07) is 36.0. The van der Waals surface area contributed by atoms with E-state index in [0.717, 1.165) is 49.2 Å². The molecule has 5 aromatic carbocycles. The first-order chi connectivity index (χ1) is 15.8. The summed E-state index contributed by atoms with van der Waals surface area (Å²) in [7, 11) is 0. The van der Waals surface area contributed by atoms with E-state index in [1.54, 1.807) is 11.3 Å². The van der Waals surface area contributed by atoms with E-state index >= 15 is 0 Å². The van der Waals surface area contributed by atoms with Crippen molar-refractivity contribution >= 4 is 54.3 Å². The molecule has 0 aliphatic rings. The normalized spacial score (nSPS) is 11.8. The molecule has 0 fully saturated rings. The molecule has 0 amide bonds. The average Bonchev–Trinajstić information content (AvgIpc) is 3.46. The first-order valence-electron chi connectivity index (χ1n) is 10.6. The second kappa shape index (κ2) is 6.78. The van der Waals surface area contributed by atoms with E-state index in [1.165, 1.54) is 15.5 Å². The van der Waals surface area contributed by atoms with Crippen LogP contribution in [0.5, 0.6) is 0 Å². The van der Waals surface area contributed by atoms with E-state index in [9.17, 15) is 0 Å². The van der Waals surface area contributed by atoms with Gasteiger partial charge >= 0.3 is 0 Å². The molecule has 3 heteroatoms. The fourth-order valence-electron chi connectivity index (χ4n) is 4.57. The Kier molecular flexibility index (Phi) is 3.75. The number of hydrogen-bond acceptors (Lipinski definition) is 3. The van der Waals surface area contributed by atoms with Crippen molar-refractivity contribution < 1.29 is 4.42 Å². The van der Waals surface area contributed by atoms with Crippen LogP contribution in [0.2, 0.25) is 0 Å². The predicted octanol–water partition coefficient (Wildman–Crippen LogP) is 8.68. The number of fused-ring (bicyclic) bond motifs is 6. The summed E-state index contributed by atoms with van der Waals surface area (Å²) >= 11 is 1.74. The fraction of sp³-hybridized carbons (Fsp3) is 0. The molecule has 2 nitrogen and oxygen atoms in total. The summed E-state index contributed by atoms with van der Waals surface area (Å²) in [4.78, 5) is 4.99. The van der Waals surface area contributed by atoms with Crippen LogP contribution < -0.4 is 0 Å². The molecular weight excluding hydrogens is 410 g/mol. The van der Waals surface area contributed by atoms with Crippen molar-refractivity contribution in [3.05, 3.63) is 103 Å². The number of nitrogens with zero attached hydrogens (tertiary/aromatic N) is 1. The van der Waals surface area contributed by atoms with Crippen LogP contribution in [0.4, 0.5) is 0 Å². The second-order valence-electron chi connectivity index (χ2n) is 8.01. The standard InChI is InChI=1S/C29H17NOS/c1-2-7-18(8-3-1)29-30-27-21-15-13-20(17-19(21)14-16-26(27)32-29)22-10-6-11-24-23-9-4-5-12-25(23)31-28(22)24/h1-17H. The van der Waals surface area contributed by atoms with Crippen LogP contribution in [-0.2, 0) is 0 Å². The first kappa shape index (κ1) is 17.7. The number of rotatable bonds is 2. The van der Waals surface area contributed by atoms with Gasteiger partial charge in [0.15, 0.2) is 0 Å². The smallest absolute Gasteiger partial charge is 0.143 e. The van der Waals surface area contributed by atoms with Gasteiger partial charge in [0.1, 0.15) is 16.2 Å². The molecule has 0 atom stereocenters. The monoisotopic (exact) mass is 427 g/mol. The molecule has 0 N–H and O–H groups in total. The Morgan fingerprint density at radius 1 is 0.625 bits per heavy atom. The maximum Gasteiger partial charge on any atom is 0.143 e. The number of aromatic nitrogens is 1. The number of para-hydroxylation sites is 2. The lowest BCUT2D eigenvalue weighted by molar-refractivity contribution is 0.670. The summed E-state index contributed by atoms with van der Waals surface area (Å²) < 4.78 is 7.47. The van der Waals surface area contributed by atoms with Gasteiger partial charge in [-0.1, -0.05) is 84.9 Å². The Morgan fingerprint density at radius 3 is 2.41 bits per heavy atom. The second-order valence-corrected chi connectivity index (χ2v) is 9.04. The highest BCUT2D eigenvalue weighted by Gasteiger charge is 2.14. The molecule has 0 unspecified atom stereocenters. The Morgan fingerprint density at radius 2 is 1.47 bits per heavy atom. The average molecular weight is 428 g/mol. The topological polar surface area (TPSA) is 26.0 Å². The molecule has 0 radical (unpaired) electrons. The highest BCUT2D eigenvalue weighted by molar-refractivity contribution is 7.21. The van der Waals surface area contributed by atoms with Gasteiger partial charge < -0.3 is 4.42 Å². The summed E-state index contributed by atoms with van der Waals surface area (Å²) in [5.41, 5.74) is 6.36. The van der Waals surface area contributed by atoms with Gasteiger partial charge in [0.25, 0.3) is 0 Å².